The zero-order valence-corrected chi connectivity index (χ0v) is 29.6. The number of halogens is 2. The van der Waals surface area contributed by atoms with E-state index in [0.29, 0.717) is 66.8 Å². The number of hydrogen-bond acceptors (Lipinski definition) is 9. The molecule has 1 N–H and O–H groups in total. The summed E-state index contributed by atoms with van der Waals surface area (Å²) in [6.07, 6.45) is 4.92. The number of piperidine rings is 1. The number of fused-ring (bicyclic) bond motifs is 1. The highest BCUT2D eigenvalue weighted by Gasteiger charge is 2.29. The number of nitrogens with one attached hydrogen (secondary N) is 1. The fourth-order valence-corrected chi connectivity index (χ4v) is 6.62. The van der Waals surface area contributed by atoms with E-state index in [4.69, 9.17) is 37.7 Å². The van der Waals surface area contributed by atoms with E-state index in [1.165, 1.54) is 14.2 Å². The van der Waals surface area contributed by atoms with Gasteiger partial charge in [0.2, 0.25) is 5.95 Å². The maximum Gasteiger partial charge on any atom is 0.264 e. The number of nitriles is 1. The van der Waals surface area contributed by atoms with Gasteiger partial charge < -0.3 is 19.7 Å². The zero-order chi connectivity index (χ0) is 34.5. The van der Waals surface area contributed by atoms with Crippen LogP contribution in [0.15, 0.2) is 34.8 Å². The molecule has 2 aromatic heterocycles. The Morgan fingerprint density at radius 3 is 2.32 bits per heavy atom. The van der Waals surface area contributed by atoms with Gasteiger partial charge in [-0.15, -0.1) is 0 Å². The largest absolute Gasteiger partial charge is 0.495 e. The van der Waals surface area contributed by atoms with E-state index >= 15 is 0 Å². The fourth-order valence-electron chi connectivity index (χ4n) is 5.92. The van der Waals surface area contributed by atoms with Crippen LogP contribution in [-0.2, 0) is 11.3 Å². The molecule has 252 valence electrons. The van der Waals surface area contributed by atoms with Crippen LogP contribution in [0.4, 0.5) is 5.95 Å². The number of aromatic nitrogens is 3. The van der Waals surface area contributed by atoms with Gasteiger partial charge in [0.15, 0.2) is 0 Å². The van der Waals surface area contributed by atoms with Crippen molar-refractivity contribution in [3.05, 3.63) is 50.4 Å². The standard InChI is InChI=1S/C34H43Cl2N7O4/c1-8-38-33-39-20-21-16-24(27-28(35)25(46-6)17-26(47-7)29(27)36)32(45)43(30(21)40-33)15-14-41(9-2)23-10-12-42(13-11-23)31(44)22(19-37)18-34(3,4)5/h16-18,20,23H,8-15H2,1-7H3,(H,38,39,40)/b22-18-. The Labute approximate surface area is 286 Å². The van der Waals surface area contributed by atoms with Crippen LogP contribution in [0.5, 0.6) is 11.5 Å². The predicted octanol–water partition coefficient (Wildman–Crippen LogP) is 6.02. The van der Waals surface area contributed by atoms with Crippen molar-refractivity contribution in [2.75, 3.05) is 52.3 Å². The lowest BCUT2D eigenvalue weighted by molar-refractivity contribution is -0.128. The summed E-state index contributed by atoms with van der Waals surface area (Å²) in [6.45, 7) is 13.3. The Kier molecular flexibility index (Phi) is 11.8. The van der Waals surface area contributed by atoms with Gasteiger partial charge in [-0.25, -0.2) is 4.98 Å². The number of nitrogens with zero attached hydrogens (tertiary/aromatic N) is 6. The van der Waals surface area contributed by atoms with Crippen molar-refractivity contribution in [3.63, 3.8) is 0 Å². The molecule has 0 spiro atoms. The molecule has 1 aliphatic heterocycles. The molecule has 3 heterocycles. The summed E-state index contributed by atoms with van der Waals surface area (Å²) in [4.78, 5) is 40.7. The number of allylic oxidation sites excluding steroid dienone is 1. The molecule has 1 aliphatic rings. The van der Waals surface area contributed by atoms with Crippen LogP contribution in [-0.4, -0.2) is 83.2 Å². The van der Waals surface area contributed by atoms with Crippen molar-refractivity contribution in [3.8, 4) is 28.7 Å². The van der Waals surface area contributed by atoms with Crippen LogP contribution >= 0.6 is 23.2 Å². The molecule has 1 fully saturated rings. The molecule has 13 heteroatoms. The summed E-state index contributed by atoms with van der Waals surface area (Å²) in [7, 11) is 2.97. The number of carbonyl (C=O) groups is 1. The maximum atomic E-state index is 14.3. The van der Waals surface area contributed by atoms with Gasteiger partial charge in [0.1, 0.15) is 28.8 Å². The average Bonchev–Trinajstić information content (AvgIpc) is 3.05. The third kappa shape index (κ3) is 8.00. The number of amides is 1. The lowest BCUT2D eigenvalue weighted by Crippen LogP contribution is -2.48. The molecule has 3 aromatic rings. The number of rotatable bonds is 11. The number of methoxy groups -OCH3 is 2. The Morgan fingerprint density at radius 2 is 1.79 bits per heavy atom. The molecule has 0 atom stereocenters. The van der Waals surface area contributed by atoms with Gasteiger partial charge >= 0.3 is 0 Å². The molecule has 1 amide bonds. The highest BCUT2D eigenvalue weighted by atomic mass is 35.5. The van der Waals surface area contributed by atoms with Crippen LogP contribution in [0.2, 0.25) is 10.0 Å². The Balaban J connectivity index is 1.67. The number of anilines is 1. The van der Waals surface area contributed by atoms with Gasteiger partial charge in [-0.1, -0.05) is 57.0 Å². The quantitative estimate of drug-likeness (QED) is 0.191. The minimum absolute atomic E-state index is 0.183. The SMILES string of the molecule is CCNc1ncc2cc(-c3c(Cl)c(OC)cc(OC)c3Cl)c(=O)n(CCN(CC)C3CCN(C(=O)/C(C#N)=C\C(C)(C)C)CC3)c2n1. The van der Waals surface area contributed by atoms with E-state index < -0.39 is 0 Å². The molecule has 0 radical (unpaired) electrons. The number of ether oxygens (including phenoxy) is 2. The van der Waals surface area contributed by atoms with Crippen LogP contribution in [0.1, 0.15) is 47.5 Å². The third-order valence-electron chi connectivity index (χ3n) is 8.22. The van der Waals surface area contributed by atoms with Crippen molar-refractivity contribution in [2.24, 2.45) is 5.41 Å². The molecule has 47 heavy (non-hydrogen) atoms. The van der Waals surface area contributed by atoms with Crippen molar-refractivity contribution < 1.29 is 14.3 Å². The highest BCUT2D eigenvalue weighted by Crippen LogP contribution is 2.45. The molecule has 4 rings (SSSR count). The first kappa shape index (κ1) is 36.0. The lowest BCUT2D eigenvalue weighted by Gasteiger charge is -2.38. The van der Waals surface area contributed by atoms with E-state index in [1.54, 1.807) is 33.9 Å². The molecule has 0 bridgehead atoms. The van der Waals surface area contributed by atoms with Crippen molar-refractivity contribution >= 4 is 46.1 Å². The van der Waals surface area contributed by atoms with Crippen LogP contribution in [0, 0.1) is 16.7 Å². The van der Waals surface area contributed by atoms with E-state index in [9.17, 15) is 14.9 Å². The van der Waals surface area contributed by atoms with Gasteiger partial charge in [-0.05, 0) is 37.8 Å². The molecule has 11 nitrogen and oxygen atoms in total. The van der Waals surface area contributed by atoms with Crippen LogP contribution in [0.3, 0.4) is 0 Å². The summed E-state index contributed by atoms with van der Waals surface area (Å²) in [5.41, 5.74) is 0.660. The summed E-state index contributed by atoms with van der Waals surface area (Å²) in [6, 6.07) is 5.57. The number of hydrogen-bond donors (Lipinski definition) is 1. The van der Waals surface area contributed by atoms with Gasteiger partial charge in [-0.3, -0.25) is 19.1 Å². The molecule has 1 saturated heterocycles. The number of likely N-dealkylation sites (N-methyl/N-ethyl adjacent to an activating group) is 1. The minimum atomic E-state index is -0.316. The van der Waals surface area contributed by atoms with Crippen LogP contribution in [0.25, 0.3) is 22.2 Å². The Morgan fingerprint density at radius 1 is 1.15 bits per heavy atom. The molecule has 0 saturated carbocycles. The van der Waals surface area contributed by atoms with Gasteiger partial charge in [0.05, 0.1) is 29.8 Å². The molecule has 1 aromatic carbocycles. The van der Waals surface area contributed by atoms with E-state index in [0.717, 1.165) is 19.4 Å². The first-order valence-corrected chi connectivity index (χ1v) is 16.5. The third-order valence-corrected chi connectivity index (χ3v) is 8.97. The van der Waals surface area contributed by atoms with Crippen molar-refractivity contribution in [2.45, 2.75) is 60.0 Å². The van der Waals surface area contributed by atoms with E-state index in [-0.39, 0.29) is 44.1 Å². The highest BCUT2D eigenvalue weighted by molar-refractivity contribution is 6.41. The lowest BCUT2D eigenvalue weighted by atomic mass is 9.93. The van der Waals surface area contributed by atoms with Gasteiger partial charge in [0.25, 0.3) is 11.5 Å². The van der Waals surface area contributed by atoms with Gasteiger partial charge in [-0.2, -0.15) is 10.2 Å². The zero-order valence-electron chi connectivity index (χ0n) is 28.1. The molecule has 0 aliphatic carbocycles. The second-order valence-electron chi connectivity index (χ2n) is 12.5. The molecule has 0 unspecified atom stereocenters. The van der Waals surface area contributed by atoms with Crippen molar-refractivity contribution in [1.29, 1.82) is 5.26 Å². The maximum absolute atomic E-state index is 14.3. The van der Waals surface area contributed by atoms with Crippen molar-refractivity contribution in [1.82, 2.24) is 24.3 Å². The van der Waals surface area contributed by atoms with E-state index in [2.05, 4.69) is 28.2 Å². The summed E-state index contributed by atoms with van der Waals surface area (Å²) in [5, 5.41) is 13.8. The first-order valence-electron chi connectivity index (χ1n) is 15.8. The topological polar surface area (TPSA) is 126 Å². The first-order chi connectivity index (χ1) is 22.4. The second kappa shape index (κ2) is 15.4. The van der Waals surface area contributed by atoms with Crippen LogP contribution < -0.4 is 20.3 Å². The second-order valence-corrected chi connectivity index (χ2v) is 13.2. The number of pyridine rings is 1. The summed E-state index contributed by atoms with van der Waals surface area (Å²) < 4.78 is 12.6. The molecular formula is C34H43Cl2N7O4. The Hall–Kier alpha value is -3.85. The summed E-state index contributed by atoms with van der Waals surface area (Å²) in [5.74, 6) is 0.846. The average molecular weight is 685 g/mol. The number of likely N-dealkylation sites (tertiary alicyclic amines) is 1. The number of carbonyl (C=O) groups excluding carboxylic acids is 1. The monoisotopic (exact) mass is 683 g/mol. The smallest absolute Gasteiger partial charge is 0.264 e. The fraction of sp³-hybridized carbons (Fsp3) is 0.500. The summed E-state index contributed by atoms with van der Waals surface area (Å²) >= 11 is 13.5. The minimum Gasteiger partial charge on any atom is -0.495 e. The van der Waals surface area contributed by atoms with E-state index in [1.807, 2.05) is 27.7 Å². The predicted molar refractivity (Wildman–Crippen MR) is 187 cm³/mol. The number of benzene rings is 1. The normalized spacial score (nSPS) is 14.4. The van der Waals surface area contributed by atoms with Gasteiger partial charge in [0, 0.05) is 62.0 Å². The molecular weight excluding hydrogens is 641 g/mol. The Bertz CT molecular complexity index is 1720.